The van der Waals surface area contributed by atoms with Gasteiger partial charge in [0.2, 0.25) is 0 Å². The summed E-state index contributed by atoms with van der Waals surface area (Å²) in [4.78, 5) is 26.0. The lowest BCUT2D eigenvalue weighted by Gasteiger charge is -2.17. The number of aryl methyl sites for hydroxylation is 3. The predicted molar refractivity (Wildman–Crippen MR) is 93.3 cm³/mol. The first-order chi connectivity index (χ1) is 10.8. The highest BCUT2D eigenvalue weighted by atomic mass is 16.2. The molecule has 0 N–H and O–H groups in total. The van der Waals surface area contributed by atoms with Crippen LogP contribution >= 0.6 is 0 Å². The number of hydrogen-bond donors (Lipinski definition) is 0. The monoisotopic (exact) mass is 310 g/mol. The molecule has 0 saturated heterocycles. The van der Waals surface area contributed by atoms with E-state index in [1.807, 2.05) is 20.8 Å². The maximum absolute atomic E-state index is 13.0. The molecule has 3 unspecified atom stereocenters. The van der Waals surface area contributed by atoms with Gasteiger partial charge in [-0.2, -0.15) is 0 Å². The first-order valence-corrected chi connectivity index (χ1v) is 8.36. The number of ketones is 2. The van der Waals surface area contributed by atoms with Gasteiger partial charge in [-0.05, 0) is 49.8 Å². The minimum absolute atomic E-state index is 0.0219. The molecule has 1 saturated carbocycles. The SMILES string of the molecule is C#CCC1C(=O)C(c2c(C)cc(C)cc2C)C(=O)C1CC(C)C. The van der Waals surface area contributed by atoms with E-state index in [1.54, 1.807) is 0 Å². The van der Waals surface area contributed by atoms with E-state index in [4.69, 9.17) is 6.42 Å². The number of carbonyl (C=O) groups excluding carboxylic acids is 2. The second-order valence-corrected chi connectivity index (χ2v) is 7.30. The summed E-state index contributed by atoms with van der Waals surface area (Å²) in [6.07, 6.45) is 6.56. The third kappa shape index (κ3) is 3.24. The van der Waals surface area contributed by atoms with Crippen molar-refractivity contribution in [2.45, 2.75) is 53.4 Å². The van der Waals surface area contributed by atoms with Crippen LogP contribution in [-0.4, -0.2) is 11.6 Å². The Balaban J connectivity index is 2.50. The average molecular weight is 310 g/mol. The van der Waals surface area contributed by atoms with Crippen molar-refractivity contribution in [3.05, 3.63) is 34.4 Å². The van der Waals surface area contributed by atoms with Crippen LogP contribution < -0.4 is 0 Å². The number of terminal acetylenes is 1. The first kappa shape index (κ1) is 17.5. The van der Waals surface area contributed by atoms with Crippen molar-refractivity contribution in [3.8, 4) is 12.3 Å². The van der Waals surface area contributed by atoms with Crippen LogP contribution in [0.2, 0.25) is 0 Å². The van der Waals surface area contributed by atoms with E-state index < -0.39 is 5.92 Å². The van der Waals surface area contributed by atoms with Crippen LogP contribution in [0, 0.1) is 50.9 Å². The van der Waals surface area contributed by atoms with Crippen LogP contribution in [0.3, 0.4) is 0 Å². The number of benzene rings is 1. The molecule has 2 nitrogen and oxygen atoms in total. The molecule has 23 heavy (non-hydrogen) atoms. The van der Waals surface area contributed by atoms with Crippen molar-refractivity contribution in [2.24, 2.45) is 17.8 Å². The van der Waals surface area contributed by atoms with Crippen molar-refractivity contribution in [2.75, 3.05) is 0 Å². The molecule has 0 amide bonds. The van der Waals surface area contributed by atoms with E-state index in [9.17, 15) is 9.59 Å². The Labute approximate surface area is 139 Å². The van der Waals surface area contributed by atoms with E-state index in [1.165, 1.54) is 0 Å². The fourth-order valence-corrected chi connectivity index (χ4v) is 4.05. The second-order valence-electron chi connectivity index (χ2n) is 7.30. The van der Waals surface area contributed by atoms with Gasteiger partial charge in [0.15, 0.2) is 11.6 Å². The van der Waals surface area contributed by atoms with E-state index in [0.29, 0.717) is 12.3 Å². The summed E-state index contributed by atoms with van der Waals surface area (Å²) in [6, 6.07) is 4.10. The zero-order valence-corrected chi connectivity index (χ0v) is 14.8. The minimum Gasteiger partial charge on any atom is -0.298 e. The summed E-state index contributed by atoms with van der Waals surface area (Å²) < 4.78 is 0. The Hall–Kier alpha value is -1.88. The Bertz CT molecular complexity index is 653. The van der Waals surface area contributed by atoms with Crippen molar-refractivity contribution in [3.63, 3.8) is 0 Å². The van der Waals surface area contributed by atoms with E-state index in [2.05, 4.69) is 31.9 Å². The lowest BCUT2D eigenvalue weighted by molar-refractivity contribution is -0.125. The van der Waals surface area contributed by atoms with Gasteiger partial charge in [0, 0.05) is 18.3 Å². The zero-order chi connectivity index (χ0) is 17.3. The smallest absolute Gasteiger partial charge is 0.152 e. The number of carbonyl (C=O) groups is 2. The zero-order valence-electron chi connectivity index (χ0n) is 14.8. The van der Waals surface area contributed by atoms with Crippen molar-refractivity contribution >= 4 is 11.6 Å². The number of hydrogen-bond acceptors (Lipinski definition) is 2. The molecule has 0 bridgehead atoms. The average Bonchev–Trinajstić information content (AvgIpc) is 2.64. The lowest BCUT2D eigenvalue weighted by Crippen LogP contribution is -2.19. The van der Waals surface area contributed by atoms with Crippen LogP contribution in [0.25, 0.3) is 0 Å². The second kappa shape index (κ2) is 6.71. The summed E-state index contributed by atoms with van der Waals surface area (Å²) in [5.74, 6) is 1.88. The molecule has 1 fully saturated rings. The fraction of sp³-hybridized carbons (Fsp3) is 0.524. The molecule has 0 spiro atoms. The Kier molecular flexibility index (Phi) is 5.09. The lowest BCUT2D eigenvalue weighted by atomic mass is 9.85. The van der Waals surface area contributed by atoms with Crippen LogP contribution in [-0.2, 0) is 9.59 Å². The molecule has 2 heteroatoms. The molecule has 3 atom stereocenters. The van der Waals surface area contributed by atoms with E-state index in [-0.39, 0.29) is 23.4 Å². The highest BCUT2D eigenvalue weighted by Gasteiger charge is 2.49. The highest BCUT2D eigenvalue weighted by molar-refractivity contribution is 6.16. The summed E-state index contributed by atoms with van der Waals surface area (Å²) >= 11 is 0. The van der Waals surface area contributed by atoms with E-state index in [0.717, 1.165) is 28.7 Å². The summed E-state index contributed by atoms with van der Waals surface area (Å²) in [6.45, 7) is 10.2. The topological polar surface area (TPSA) is 34.1 Å². The van der Waals surface area contributed by atoms with Gasteiger partial charge in [0.1, 0.15) is 5.92 Å². The van der Waals surface area contributed by atoms with Crippen molar-refractivity contribution < 1.29 is 9.59 Å². The van der Waals surface area contributed by atoms with Gasteiger partial charge in [0.25, 0.3) is 0 Å². The minimum atomic E-state index is -0.627. The van der Waals surface area contributed by atoms with E-state index >= 15 is 0 Å². The Morgan fingerprint density at radius 2 is 1.57 bits per heavy atom. The van der Waals surface area contributed by atoms with Crippen LogP contribution in [0.4, 0.5) is 0 Å². The number of rotatable bonds is 4. The highest BCUT2D eigenvalue weighted by Crippen LogP contribution is 2.43. The normalized spacial score (nSPS) is 24.3. The molecule has 0 aromatic heterocycles. The molecule has 0 radical (unpaired) electrons. The third-order valence-corrected chi connectivity index (χ3v) is 4.88. The quantitative estimate of drug-likeness (QED) is 0.618. The predicted octanol–water partition coefficient (Wildman–Crippen LogP) is 4.15. The fourth-order valence-electron chi connectivity index (χ4n) is 4.05. The molecular weight excluding hydrogens is 284 g/mol. The molecule has 2 rings (SSSR count). The molecule has 1 aliphatic rings. The van der Waals surface area contributed by atoms with Gasteiger partial charge in [0.05, 0.1) is 0 Å². The first-order valence-electron chi connectivity index (χ1n) is 8.36. The number of Topliss-reactive ketones (excluding diaryl/α,β-unsaturated/α-hetero) is 2. The molecule has 0 heterocycles. The Morgan fingerprint density at radius 1 is 1.04 bits per heavy atom. The third-order valence-electron chi connectivity index (χ3n) is 4.88. The van der Waals surface area contributed by atoms with Gasteiger partial charge < -0.3 is 0 Å². The van der Waals surface area contributed by atoms with Gasteiger partial charge in [-0.1, -0.05) is 31.5 Å². The maximum Gasteiger partial charge on any atom is 0.152 e. The summed E-state index contributed by atoms with van der Waals surface area (Å²) in [5, 5.41) is 0. The largest absolute Gasteiger partial charge is 0.298 e. The van der Waals surface area contributed by atoms with Gasteiger partial charge in [-0.3, -0.25) is 9.59 Å². The van der Waals surface area contributed by atoms with Crippen molar-refractivity contribution in [1.82, 2.24) is 0 Å². The van der Waals surface area contributed by atoms with Gasteiger partial charge in [-0.25, -0.2) is 0 Å². The van der Waals surface area contributed by atoms with Crippen LogP contribution in [0.5, 0.6) is 0 Å². The summed E-state index contributed by atoms with van der Waals surface area (Å²) in [5.41, 5.74) is 4.11. The standard InChI is InChI=1S/C21H26O2/c1-7-8-16-17(9-12(2)3)21(23)19(20(16)22)18-14(5)10-13(4)11-15(18)6/h1,10-12,16-17,19H,8-9H2,2-6H3. The Morgan fingerprint density at radius 3 is 2.04 bits per heavy atom. The van der Waals surface area contributed by atoms with Crippen LogP contribution in [0.1, 0.15) is 54.9 Å². The molecule has 1 aromatic rings. The van der Waals surface area contributed by atoms with Gasteiger partial charge in [-0.15, -0.1) is 12.3 Å². The summed E-state index contributed by atoms with van der Waals surface area (Å²) in [7, 11) is 0. The molecule has 122 valence electrons. The maximum atomic E-state index is 13.0. The molecule has 0 aliphatic heterocycles. The molecule has 1 aromatic carbocycles. The van der Waals surface area contributed by atoms with Gasteiger partial charge >= 0.3 is 0 Å². The molecular formula is C21H26O2. The molecule has 1 aliphatic carbocycles. The van der Waals surface area contributed by atoms with Crippen molar-refractivity contribution in [1.29, 1.82) is 0 Å². The van der Waals surface area contributed by atoms with Crippen LogP contribution in [0.15, 0.2) is 12.1 Å².